The number of fused-ring (bicyclic) bond motifs is 1. The molecule has 0 aliphatic carbocycles. The quantitative estimate of drug-likeness (QED) is 0.825. The number of hydrogen-bond donors (Lipinski definition) is 2. The summed E-state index contributed by atoms with van der Waals surface area (Å²) in [5.41, 5.74) is 0.607. The third kappa shape index (κ3) is 1.74. The van der Waals surface area contributed by atoms with E-state index in [1.54, 1.807) is 13.0 Å². The average molecular weight is 271 g/mol. The number of hydrogen-bond acceptors (Lipinski definition) is 4. The molecule has 0 fully saturated rings. The van der Waals surface area contributed by atoms with Crippen LogP contribution in [0.5, 0.6) is 0 Å². The molecular weight excluding hydrogens is 264 g/mol. The molecule has 0 saturated heterocycles. The van der Waals surface area contributed by atoms with Crippen LogP contribution in [0.25, 0.3) is 11.0 Å². The first-order valence-corrected chi connectivity index (χ1v) is 5.11. The normalized spacial score (nSPS) is 10.6. The van der Waals surface area contributed by atoms with E-state index in [1.807, 2.05) is 0 Å². The molecule has 0 unspecified atom stereocenters. The van der Waals surface area contributed by atoms with Crippen molar-refractivity contribution in [3.8, 4) is 0 Å². The molecule has 94 valence electrons. The minimum Gasteiger partial charge on any atom is -0.464 e. The Kier molecular flexibility index (Phi) is 2.84. The molecule has 2 aromatic heterocycles. The lowest BCUT2D eigenvalue weighted by atomic mass is 10.2. The topological polar surface area (TPSA) is 104 Å². The van der Waals surface area contributed by atoms with Gasteiger partial charge in [0.25, 0.3) is 0 Å². The lowest BCUT2D eigenvalue weighted by Gasteiger charge is -2.11. The van der Waals surface area contributed by atoms with Crippen molar-refractivity contribution in [2.24, 2.45) is 0 Å². The fraction of sp³-hybridized carbons (Fsp3) is 0.100. The highest BCUT2D eigenvalue weighted by Crippen LogP contribution is 2.33. The molecule has 0 aliphatic heterocycles. The summed E-state index contributed by atoms with van der Waals surface area (Å²) in [6, 6.07) is 1.56. The Balaban J connectivity index is 2.74. The maximum absolute atomic E-state index is 10.9. The van der Waals surface area contributed by atoms with E-state index >= 15 is 0 Å². The van der Waals surface area contributed by atoms with Gasteiger partial charge in [0.15, 0.2) is 16.6 Å². The van der Waals surface area contributed by atoms with E-state index in [1.165, 1.54) is 6.20 Å². The number of rotatable bonds is 1. The number of furan rings is 1. The molecule has 7 nitrogen and oxygen atoms in total. The Morgan fingerprint density at radius 3 is 2.56 bits per heavy atom. The molecule has 0 saturated carbocycles. The average Bonchev–Trinajstić information content (AvgIpc) is 2.56. The van der Waals surface area contributed by atoms with Crippen LogP contribution in [0.15, 0.2) is 16.7 Å². The number of amides is 2. The van der Waals surface area contributed by atoms with E-state index in [2.05, 4.69) is 4.98 Å². The highest BCUT2D eigenvalue weighted by molar-refractivity contribution is 6.31. The van der Waals surface area contributed by atoms with Crippen molar-refractivity contribution in [1.29, 1.82) is 0 Å². The summed E-state index contributed by atoms with van der Waals surface area (Å²) < 4.78 is 5.15. The lowest BCUT2D eigenvalue weighted by Crippen LogP contribution is -2.35. The van der Waals surface area contributed by atoms with Crippen molar-refractivity contribution in [2.45, 2.75) is 6.92 Å². The molecule has 0 atom stereocenters. The molecule has 2 heterocycles. The molecule has 2 N–H and O–H groups in total. The van der Waals surface area contributed by atoms with Crippen molar-refractivity contribution in [2.75, 3.05) is 4.90 Å². The van der Waals surface area contributed by atoms with Crippen molar-refractivity contribution < 1.29 is 24.2 Å². The Labute approximate surface area is 105 Å². The van der Waals surface area contributed by atoms with Crippen LogP contribution >= 0.6 is 11.6 Å². The largest absolute Gasteiger partial charge is 0.464 e. The van der Waals surface area contributed by atoms with E-state index < -0.39 is 12.2 Å². The monoisotopic (exact) mass is 270 g/mol. The second-order valence-electron chi connectivity index (χ2n) is 3.41. The zero-order chi connectivity index (χ0) is 13.4. The minimum absolute atomic E-state index is 0.0183. The Hall–Kier alpha value is -2.28. The van der Waals surface area contributed by atoms with Crippen molar-refractivity contribution in [3.05, 3.63) is 23.0 Å². The SMILES string of the molecule is Cc1c(Cl)oc2c(N(C(=O)O)C(=O)O)nccc12. The molecule has 0 spiro atoms. The van der Waals surface area contributed by atoms with Gasteiger partial charge in [-0.25, -0.2) is 14.6 Å². The van der Waals surface area contributed by atoms with Gasteiger partial charge in [-0.1, -0.05) is 0 Å². The summed E-state index contributed by atoms with van der Waals surface area (Å²) >= 11 is 5.78. The van der Waals surface area contributed by atoms with E-state index in [0.29, 0.717) is 10.9 Å². The maximum Gasteiger partial charge on any atom is 0.422 e. The molecule has 2 rings (SSSR count). The summed E-state index contributed by atoms with van der Waals surface area (Å²) in [6.07, 6.45) is -2.06. The van der Waals surface area contributed by atoms with Crippen LogP contribution in [-0.4, -0.2) is 27.4 Å². The molecule has 0 aliphatic rings. The first-order valence-electron chi connectivity index (χ1n) is 4.73. The third-order valence-electron chi connectivity index (χ3n) is 2.37. The number of imide groups is 1. The highest BCUT2D eigenvalue weighted by atomic mass is 35.5. The number of nitrogens with zero attached hydrogens (tertiary/aromatic N) is 2. The summed E-state index contributed by atoms with van der Waals surface area (Å²) in [4.78, 5) is 25.6. The predicted octanol–water partition coefficient (Wildman–Crippen LogP) is 2.95. The van der Waals surface area contributed by atoms with Crippen LogP contribution < -0.4 is 4.90 Å². The van der Waals surface area contributed by atoms with E-state index in [9.17, 15) is 9.59 Å². The van der Waals surface area contributed by atoms with Crippen LogP contribution in [0.2, 0.25) is 5.22 Å². The molecular formula is C10H7ClN2O5. The molecule has 8 heteroatoms. The molecule has 2 aromatic rings. The second-order valence-corrected chi connectivity index (χ2v) is 3.76. The fourth-order valence-electron chi connectivity index (χ4n) is 1.53. The first kappa shape index (κ1) is 12.2. The Bertz CT molecular complexity index is 637. The van der Waals surface area contributed by atoms with Gasteiger partial charge in [-0.15, -0.1) is 0 Å². The van der Waals surface area contributed by atoms with Crippen LogP contribution in [0.1, 0.15) is 5.56 Å². The van der Waals surface area contributed by atoms with Gasteiger partial charge in [0.2, 0.25) is 0 Å². The number of aromatic nitrogens is 1. The maximum atomic E-state index is 10.9. The lowest BCUT2D eigenvalue weighted by molar-refractivity contribution is 0.184. The summed E-state index contributed by atoms with van der Waals surface area (Å²) in [6.45, 7) is 1.67. The molecule has 18 heavy (non-hydrogen) atoms. The number of carbonyl (C=O) groups is 2. The summed E-state index contributed by atoms with van der Waals surface area (Å²) in [5.74, 6) is -0.331. The predicted molar refractivity (Wildman–Crippen MR) is 62.3 cm³/mol. The highest BCUT2D eigenvalue weighted by Gasteiger charge is 2.28. The van der Waals surface area contributed by atoms with Crippen LogP contribution in [0.4, 0.5) is 15.4 Å². The number of anilines is 1. The van der Waals surface area contributed by atoms with Gasteiger partial charge in [0.1, 0.15) is 0 Å². The van der Waals surface area contributed by atoms with Crippen molar-refractivity contribution in [1.82, 2.24) is 4.98 Å². The molecule has 2 amide bonds. The zero-order valence-corrected chi connectivity index (χ0v) is 9.80. The number of pyridine rings is 1. The summed E-state index contributed by atoms with van der Waals surface area (Å²) in [7, 11) is 0. The smallest absolute Gasteiger partial charge is 0.422 e. The molecule has 0 aromatic carbocycles. The van der Waals surface area contributed by atoms with Gasteiger partial charge < -0.3 is 14.6 Å². The molecule has 0 bridgehead atoms. The second kappa shape index (κ2) is 4.19. The number of aryl methyl sites for hydroxylation is 1. The van der Waals surface area contributed by atoms with E-state index in [-0.39, 0.29) is 21.5 Å². The number of halogens is 1. The van der Waals surface area contributed by atoms with E-state index in [4.69, 9.17) is 26.2 Å². The first-order chi connectivity index (χ1) is 8.43. The zero-order valence-electron chi connectivity index (χ0n) is 9.05. The van der Waals surface area contributed by atoms with Gasteiger partial charge in [0, 0.05) is 17.1 Å². The fourth-order valence-corrected chi connectivity index (χ4v) is 1.71. The van der Waals surface area contributed by atoms with E-state index in [0.717, 1.165) is 0 Å². The van der Waals surface area contributed by atoms with Crippen LogP contribution in [0, 0.1) is 6.92 Å². The Morgan fingerprint density at radius 1 is 1.39 bits per heavy atom. The van der Waals surface area contributed by atoms with Crippen molar-refractivity contribution in [3.63, 3.8) is 0 Å². The minimum atomic E-state index is -1.67. The standard InChI is InChI=1S/C10H7ClN2O5/c1-4-5-2-3-12-8(6(5)18-7(4)11)13(9(14)15)10(16)17/h2-3H,1H3,(H,14,15)(H,16,17). The van der Waals surface area contributed by atoms with Gasteiger partial charge in [-0.05, 0) is 24.6 Å². The molecule has 0 radical (unpaired) electrons. The summed E-state index contributed by atoms with van der Waals surface area (Å²) in [5, 5.41) is 18.3. The van der Waals surface area contributed by atoms with Crippen LogP contribution in [-0.2, 0) is 0 Å². The van der Waals surface area contributed by atoms with Gasteiger partial charge >= 0.3 is 12.2 Å². The third-order valence-corrected chi connectivity index (χ3v) is 2.73. The van der Waals surface area contributed by atoms with Crippen LogP contribution in [0.3, 0.4) is 0 Å². The van der Waals surface area contributed by atoms with Gasteiger partial charge in [-0.3, -0.25) is 0 Å². The van der Waals surface area contributed by atoms with Gasteiger partial charge in [0.05, 0.1) is 0 Å². The number of carboxylic acid groups (broad SMARTS) is 2. The van der Waals surface area contributed by atoms with Crippen molar-refractivity contribution >= 4 is 40.6 Å². The Morgan fingerprint density at radius 2 is 2.00 bits per heavy atom. The van der Waals surface area contributed by atoms with Gasteiger partial charge in [-0.2, -0.15) is 4.90 Å².